The van der Waals surface area contributed by atoms with Gasteiger partial charge in [-0.1, -0.05) is 36.0 Å². The number of anilines is 1. The zero-order valence-corrected chi connectivity index (χ0v) is 15.3. The summed E-state index contributed by atoms with van der Waals surface area (Å²) in [5, 5.41) is 12.0. The number of hydrogen-bond donors (Lipinski definition) is 1. The minimum atomic E-state index is -0.0616. The summed E-state index contributed by atoms with van der Waals surface area (Å²) >= 11 is 1.37. The van der Waals surface area contributed by atoms with Gasteiger partial charge in [0.1, 0.15) is 5.82 Å². The molecule has 0 saturated heterocycles. The van der Waals surface area contributed by atoms with E-state index in [1.165, 1.54) is 17.3 Å². The second-order valence-corrected chi connectivity index (χ2v) is 6.78. The lowest BCUT2D eigenvalue weighted by Crippen LogP contribution is -2.14. The first-order valence-electron chi connectivity index (χ1n) is 8.02. The van der Waals surface area contributed by atoms with Gasteiger partial charge < -0.3 is 5.32 Å². The predicted molar refractivity (Wildman–Crippen MR) is 101 cm³/mol. The summed E-state index contributed by atoms with van der Waals surface area (Å²) in [6.07, 6.45) is 0. The molecule has 6 heteroatoms. The maximum atomic E-state index is 12.2. The van der Waals surface area contributed by atoms with Crippen LogP contribution in [0, 0.1) is 20.8 Å². The van der Waals surface area contributed by atoms with Gasteiger partial charge in [-0.3, -0.25) is 9.36 Å². The van der Waals surface area contributed by atoms with E-state index in [-0.39, 0.29) is 11.7 Å². The van der Waals surface area contributed by atoms with E-state index in [4.69, 9.17) is 0 Å². The molecule has 1 amide bonds. The van der Waals surface area contributed by atoms with Crippen LogP contribution in [0.15, 0.2) is 53.7 Å². The maximum absolute atomic E-state index is 12.2. The lowest BCUT2D eigenvalue weighted by molar-refractivity contribution is -0.113. The Kier molecular flexibility index (Phi) is 5.19. The van der Waals surface area contributed by atoms with Crippen LogP contribution >= 0.6 is 11.8 Å². The molecule has 0 unspecified atom stereocenters. The van der Waals surface area contributed by atoms with Gasteiger partial charge in [-0.25, -0.2) is 0 Å². The number of rotatable bonds is 5. The van der Waals surface area contributed by atoms with Crippen LogP contribution in [0.5, 0.6) is 0 Å². The topological polar surface area (TPSA) is 59.8 Å². The highest BCUT2D eigenvalue weighted by molar-refractivity contribution is 7.99. The van der Waals surface area contributed by atoms with Crippen molar-refractivity contribution in [1.82, 2.24) is 14.8 Å². The standard InChI is InChI=1S/C19H20N4OS/c1-13-9-10-16(11-14(13)2)20-18(24)12-25-19-22-21-15(3)23(19)17-7-5-4-6-8-17/h4-11H,12H2,1-3H3,(H,20,24). The largest absolute Gasteiger partial charge is 0.325 e. The molecule has 0 fully saturated rings. The highest BCUT2D eigenvalue weighted by Gasteiger charge is 2.13. The fourth-order valence-electron chi connectivity index (χ4n) is 2.46. The first-order valence-corrected chi connectivity index (χ1v) is 9.00. The summed E-state index contributed by atoms with van der Waals surface area (Å²) in [4.78, 5) is 12.2. The number of aryl methyl sites for hydroxylation is 3. The number of thioether (sulfide) groups is 1. The lowest BCUT2D eigenvalue weighted by Gasteiger charge is -2.09. The third-order valence-corrected chi connectivity index (χ3v) is 4.86. The molecule has 0 aliphatic carbocycles. The zero-order valence-electron chi connectivity index (χ0n) is 14.5. The maximum Gasteiger partial charge on any atom is 0.234 e. The smallest absolute Gasteiger partial charge is 0.234 e. The summed E-state index contributed by atoms with van der Waals surface area (Å²) in [7, 11) is 0. The molecule has 0 bridgehead atoms. The highest BCUT2D eigenvalue weighted by atomic mass is 32.2. The summed E-state index contributed by atoms with van der Waals surface area (Å²) in [5.41, 5.74) is 4.17. The summed E-state index contributed by atoms with van der Waals surface area (Å²) in [6, 6.07) is 15.8. The monoisotopic (exact) mass is 352 g/mol. The molecule has 0 radical (unpaired) electrons. The van der Waals surface area contributed by atoms with Gasteiger partial charge in [0.25, 0.3) is 0 Å². The molecule has 0 atom stereocenters. The van der Waals surface area contributed by atoms with Gasteiger partial charge in [-0.2, -0.15) is 0 Å². The number of aromatic nitrogens is 3. The Hall–Kier alpha value is -2.60. The van der Waals surface area contributed by atoms with Gasteiger partial charge >= 0.3 is 0 Å². The van der Waals surface area contributed by atoms with Gasteiger partial charge in [-0.15, -0.1) is 10.2 Å². The van der Waals surface area contributed by atoms with Crippen LogP contribution in [0.25, 0.3) is 5.69 Å². The highest BCUT2D eigenvalue weighted by Crippen LogP contribution is 2.22. The Bertz CT molecular complexity index is 890. The molecule has 5 nitrogen and oxygen atoms in total. The second-order valence-electron chi connectivity index (χ2n) is 5.84. The van der Waals surface area contributed by atoms with Crippen molar-refractivity contribution in [3.63, 3.8) is 0 Å². The fraction of sp³-hybridized carbons (Fsp3) is 0.211. The number of para-hydroxylation sites is 1. The van der Waals surface area contributed by atoms with E-state index in [0.29, 0.717) is 5.16 Å². The van der Waals surface area contributed by atoms with Gasteiger partial charge in [0.15, 0.2) is 5.16 Å². The van der Waals surface area contributed by atoms with Crippen molar-refractivity contribution < 1.29 is 4.79 Å². The molecule has 0 spiro atoms. The third-order valence-electron chi connectivity index (χ3n) is 3.93. The van der Waals surface area contributed by atoms with E-state index < -0.39 is 0 Å². The quantitative estimate of drug-likeness (QED) is 0.707. The van der Waals surface area contributed by atoms with Crippen LogP contribution in [0.2, 0.25) is 0 Å². The summed E-state index contributed by atoms with van der Waals surface area (Å²) < 4.78 is 1.95. The van der Waals surface area contributed by atoms with Crippen molar-refractivity contribution in [1.29, 1.82) is 0 Å². The Morgan fingerprint density at radius 2 is 1.80 bits per heavy atom. The number of carbonyl (C=O) groups is 1. The molecule has 0 aliphatic heterocycles. The van der Waals surface area contributed by atoms with Crippen LogP contribution in [0.1, 0.15) is 17.0 Å². The van der Waals surface area contributed by atoms with E-state index >= 15 is 0 Å². The number of nitrogens with zero attached hydrogens (tertiary/aromatic N) is 3. The van der Waals surface area contributed by atoms with E-state index in [2.05, 4.69) is 22.4 Å². The average molecular weight is 352 g/mol. The summed E-state index contributed by atoms with van der Waals surface area (Å²) in [5.74, 6) is 1.01. The molecule has 1 N–H and O–H groups in total. The van der Waals surface area contributed by atoms with Crippen LogP contribution in [-0.2, 0) is 4.79 Å². The number of nitrogens with one attached hydrogen (secondary N) is 1. The second kappa shape index (κ2) is 7.53. The molecule has 128 valence electrons. The Labute approximate surface area is 151 Å². The fourth-order valence-corrected chi connectivity index (χ4v) is 3.25. The SMILES string of the molecule is Cc1ccc(NC(=O)CSc2nnc(C)n2-c2ccccc2)cc1C. The molecule has 3 rings (SSSR count). The van der Waals surface area contributed by atoms with Crippen LogP contribution < -0.4 is 5.32 Å². The van der Waals surface area contributed by atoms with Crippen molar-refractivity contribution in [2.45, 2.75) is 25.9 Å². The molecule has 1 heterocycles. The molecule has 0 aliphatic rings. The van der Waals surface area contributed by atoms with Gasteiger partial charge in [0, 0.05) is 11.4 Å². The predicted octanol–water partition coefficient (Wildman–Crippen LogP) is 3.92. The molecule has 3 aromatic rings. The molecule has 25 heavy (non-hydrogen) atoms. The number of benzene rings is 2. The lowest BCUT2D eigenvalue weighted by atomic mass is 10.1. The van der Waals surface area contributed by atoms with E-state index in [9.17, 15) is 4.79 Å². The Morgan fingerprint density at radius 3 is 2.52 bits per heavy atom. The van der Waals surface area contributed by atoms with Gasteiger partial charge in [0.05, 0.1) is 5.75 Å². The van der Waals surface area contributed by atoms with E-state index in [0.717, 1.165) is 22.8 Å². The molecular formula is C19H20N4OS. The van der Waals surface area contributed by atoms with Crippen LogP contribution in [0.3, 0.4) is 0 Å². The number of amides is 1. The van der Waals surface area contributed by atoms with Gasteiger partial charge in [0.2, 0.25) is 5.91 Å². The third kappa shape index (κ3) is 4.09. The molecule has 0 saturated carbocycles. The number of carbonyl (C=O) groups excluding carboxylic acids is 1. The molecule has 2 aromatic carbocycles. The first-order chi connectivity index (χ1) is 12.0. The molecule has 1 aromatic heterocycles. The van der Waals surface area contributed by atoms with Crippen molar-refractivity contribution >= 4 is 23.4 Å². The van der Waals surface area contributed by atoms with Crippen LogP contribution in [-0.4, -0.2) is 26.4 Å². The molecular weight excluding hydrogens is 332 g/mol. The number of hydrogen-bond acceptors (Lipinski definition) is 4. The van der Waals surface area contributed by atoms with Crippen molar-refractivity contribution in [2.24, 2.45) is 0 Å². The first kappa shape index (κ1) is 17.2. The van der Waals surface area contributed by atoms with Gasteiger partial charge in [-0.05, 0) is 56.2 Å². The van der Waals surface area contributed by atoms with Crippen molar-refractivity contribution in [2.75, 3.05) is 11.1 Å². The van der Waals surface area contributed by atoms with Crippen molar-refractivity contribution in [3.05, 3.63) is 65.5 Å². The summed E-state index contributed by atoms with van der Waals surface area (Å²) in [6.45, 7) is 5.99. The zero-order chi connectivity index (χ0) is 17.8. The van der Waals surface area contributed by atoms with E-state index in [1.54, 1.807) is 0 Å². The van der Waals surface area contributed by atoms with Crippen LogP contribution in [0.4, 0.5) is 5.69 Å². The Morgan fingerprint density at radius 1 is 1.04 bits per heavy atom. The minimum absolute atomic E-state index is 0.0616. The normalized spacial score (nSPS) is 10.7. The Balaban J connectivity index is 1.68. The average Bonchev–Trinajstić information content (AvgIpc) is 2.98. The van der Waals surface area contributed by atoms with Crippen molar-refractivity contribution in [3.8, 4) is 5.69 Å². The minimum Gasteiger partial charge on any atom is -0.325 e. The van der Waals surface area contributed by atoms with E-state index in [1.807, 2.05) is 66.9 Å².